The molecule has 2 heterocycles. The third-order valence-corrected chi connectivity index (χ3v) is 5.62. The van der Waals surface area contributed by atoms with E-state index >= 15 is 0 Å². The van der Waals surface area contributed by atoms with Crippen LogP contribution >= 0.6 is 0 Å². The van der Waals surface area contributed by atoms with E-state index in [1.54, 1.807) is 20.8 Å². The van der Waals surface area contributed by atoms with E-state index in [1.807, 2.05) is 19.3 Å². The van der Waals surface area contributed by atoms with Gasteiger partial charge in [-0.15, -0.1) is 0 Å². The van der Waals surface area contributed by atoms with Gasteiger partial charge >= 0.3 is 12.0 Å². The van der Waals surface area contributed by atoms with Crippen molar-refractivity contribution in [2.45, 2.75) is 84.4 Å². The first-order chi connectivity index (χ1) is 16.2. The lowest BCUT2D eigenvalue weighted by Crippen LogP contribution is -2.61. The van der Waals surface area contributed by atoms with E-state index in [1.165, 1.54) is 0 Å². The number of carbonyl (C=O) groups is 6. The number of nitrogens with two attached hydrogens (primary N) is 1. The number of carbonyl (C=O) groups excluding carboxylic acids is 6. The molecule has 35 heavy (non-hydrogen) atoms. The van der Waals surface area contributed by atoms with Crippen LogP contribution in [0.3, 0.4) is 0 Å². The number of rotatable bonds is 8. The molecule has 2 rings (SSSR count). The molecule has 0 radical (unpaired) electrons. The molecular formula is C23H36N4O8. The minimum atomic E-state index is -1.55. The van der Waals surface area contributed by atoms with Gasteiger partial charge in [0.15, 0.2) is 0 Å². The first kappa shape index (κ1) is 28.4. The lowest BCUT2D eigenvalue weighted by atomic mass is 9.87. The van der Waals surface area contributed by atoms with E-state index in [0.29, 0.717) is 9.91 Å². The summed E-state index contributed by atoms with van der Waals surface area (Å²) >= 11 is 0. The Labute approximate surface area is 204 Å². The summed E-state index contributed by atoms with van der Waals surface area (Å²) in [5, 5.41) is 0.491. The molecule has 5 amide bonds. The smallest absolute Gasteiger partial charge is 0.417 e. The third kappa shape index (κ3) is 7.56. The molecule has 2 saturated heterocycles. The second kappa shape index (κ2) is 11.7. The lowest BCUT2D eigenvalue weighted by Gasteiger charge is -2.38. The van der Waals surface area contributed by atoms with Crippen molar-refractivity contribution in [3.8, 4) is 0 Å². The summed E-state index contributed by atoms with van der Waals surface area (Å²) in [4.78, 5) is 77.5. The fraction of sp³-hybridized carbons (Fsp3) is 0.739. The van der Waals surface area contributed by atoms with Gasteiger partial charge in [0.2, 0.25) is 23.5 Å². The first-order valence-electron chi connectivity index (χ1n) is 11.8. The number of ether oxygens (including phenoxy) is 2. The van der Waals surface area contributed by atoms with Crippen LogP contribution < -0.4 is 11.2 Å². The van der Waals surface area contributed by atoms with Gasteiger partial charge < -0.3 is 15.2 Å². The highest BCUT2D eigenvalue weighted by molar-refractivity contribution is 6.39. The van der Waals surface area contributed by atoms with E-state index in [2.05, 4.69) is 0 Å². The van der Waals surface area contributed by atoms with Crippen molar-refractivity contribution in [1.29, 1.82) is 0 Å². The number of hydrazine groups is 1. The predicted molar refractivity (Wildman–Crippen MR) is 122 cm³/mol. The Balaban J connectivity index is 2.45. The van der Waals surface area contributed by atoms with Gasteiger partial charge in [-0.2, -0.15) is 5.01 Å². The van der Waals surface area contributed by atoms with Crippen LogP contribution in [0.25, 0.3) is 0 Å². The maximum absolute atomic E-state index is 13.5. The van der Waals surface area contributed by atoms with Gasteiger partial charge in [-0.1, -0.05) is 13.8 Å². The van der Waals surface area contributed by atoms with E-state index in [9.17, 15) is 28.8 Å². The molecule has 0 aromatic heterocycles. The Morgan fingerprint density at radius 3 is 2.14 bits per heavy atom. The van der Waals surface area contributed by atoms with Crippen LogP contribution in [0.1, 0.15) is 66.7 Å². The molecule has 0 aliphatic carbocycles. The minimum absolute atomic E-state index is 0.0159. The minimum Gasteiger partial charge on any atom is -0.443 e. The maximum atomic E-state index is 13.5. The summed E-state index contributed by atoms with van der Waals surface area (Å²) in [5.74, 6) is -5.20. The molecule has 2 fully saturated rings. The van der Waals surface area contributed by atoms with Crippen LogP contribution in [0.2, 0.25) is 0 Å². The molecule has 0 bridgehead atoms. The van der Waals surface area contributed by atoms with Gasteiger partial charge in [0.05, 0.1) is 6.04 Å². The molecule has 0 aromatic rings. The Kier molecular flexibility index (Phi) is 9.50. The maximum Gasteiger partial charge on any atom is 0.417 e. The zero-order chi connectivity index (χ0) is 26.5. The molecule has 196 valence electrons. The number of ketones is 1. The van der Waals surface area contributed by atoms with Crippen molar-refractivity contribution in [2.75, 3.05) is 13.2 Å². The Morgan fingerprint density at radius 2 is 1.66 bits per heavy atom. The summed E-state index contributed by atoms with van der Waals surface area (Å²) in [6.45, 7) is 9.02. The van der Waals surface area contributed by atoms with Crippen LogP contribution in [0.15, 0.2) is 0 Å². The fourth-order valence-electron chi connectivity index (χ4n) is 4.00. The van der Waals surface area contributed by atoms with Crippen molar-refractivity contribution < 1.29 is 38.2 Å². The molecule has 0 spiro atoms. The van der Waals surface area contributed by atoms with Gasteiger partial charge in [0.25, 0.3) is 0 Å². The number of amides is 5. The van der Waals surface area contributed by atoms with E-state index < -0.39 is 59.1 Å². The second-order valence-corrected chi connectivity index (χ2v) is 10.2. The van der Waals surface area contributed by atoms with E-state index in [0.717, 1.165) is 0 Å². The van der Waals surface area contributed by atoms with E-state index in [4.69, 9.17) is 15.2 Å². The molecule has 2 atom stereocenters. The molecule has 0 saturated carbocycles. The van der Waals surface area contributed by atoms with Crippen LogP contribution in [-0.4, -0.2) is 76.3 Å². The predicted octanol–water partition coefficient (Wildman–Crippen LogP) is 0.668. The lowest BCUT2D eigenvalue weighted by molar-refractivity contribution is -0.154. The Hall–Kier alpha value is -2.86. The van der Waals surface area contributed by atoms with E-state index in [-0.39, 0.29) is 51.2 Å². The van der Waals surface area contributed by atoms with Crippen LogP contribution in [0.4, 0.5) is 4.79 Å². The zero-order valence-electron chi connectivity index (χ0n) is 21.0. The Bertz CT molecular complexity index is 844. The highest BCUT2D eigenvalue weighted by Gasteiger charge is 2.46. The largest absolute Gasteiger partial charge is 0.443 e. The SMILES string of the molecule is CC(C)C[C@H](N)C(=O)N(C(=O)OC(C)(C)C)C(C(=O)C(=O)NN1C(=O)CCC1=O)C1CCOCC1. The topological polar surface area (TPSA) is 165 Å². The van der Waals surface area contributed by atoms with Gasteiger partial charge in [-0.05, 0) is 51.9 Å². The zero-order valence-corrected chi connectivity index (χ0v) is 21.0. The van der Waals surface area contributed by atoms with Gasteiger partial charge in [0, 0.05) is 26.1 Å². The highest BCUT2D eigenvalue weighted by Crippen LogP contribution is 2.27. The summed E-state index contributed by atoms with van der Waals surface area (Å²) in [5.41, 5.74) is 7.13. The number of nitrogens with zero attached hydrogens (tertiary/aromatic N) is 2. The molecule has 12 nitrogen and oxygen atoms in total. The van der Waals surface area contributed by atoms with Gasteiger partial charge in [-0.3, -0.25) is 29.4 Å². The summed E-state index contributed by atoms with van der Waals surface area (Å²) < 4.78 is 10.8. The standard InChI is InChI=1S/C23H36N4O8/c1-13(2)12-15(24)21(32)26(22(33)35-23(3,4)5)18(14-8-10-34-11-9-14)19(30)20(31)25-27-16(28)6-7-17(27)29/h13-15,18H,6-12,24H2,1-5H3,(H,25,31)/t15-,18?/m0/s1. The number of imide groups is 2. The number of nitrogens with one attached hydrogen (secondary N) is 1. The summed E-state index contributed by atoms with van der Waals surface area (Å²) in [6, 6.07) is -2.67. The number of Topliss-reactive ketones (excluding diaryl/α,β-unsaturated/α-hetero) is 1. The molecule has 0 aromatic carbocycles. The van der Waals surface area contributed by atoms with Gasteiger partial charge in [-0.25, -0.2) is 9.69 Å². The number of hydrogen-bond acceptors (Lipinski definition) is 9. The molecule has 2 aliphatic heterocycles. The van der Waals surface area contributed by atoms with Crippen molar-refractivity contribution in [3.05, 3.63) is 0 Å². The van der Waals surface area contributed by atoms with Crippen molar-refractivity contribution >= 4 is 35.5 Å². The average Bonchev–Trinajstić information content (AvgIpc) is 3.07. The quantitative estimate of drug-likeness (QED) is 0.363. The summed E-state index contributed by atoms with van der Waals surface area (Å²) in [7, 11) is 0. The molecule has 3 N–H and O–H groups in total. The van der Waals surface area contributed by atoms with Crippen LogP contribution in [0.5, 0.6) is 0 Å². The molecular weight excluding hydrogens is 460 g/mol. The van der Waals surface area contributed by atoms with Crippen LogP contribution in [0, 0.1) is 11.8 Å². The summed E-state index contributed by atoms with van der Waals surface area (Å²) in [6.07, 6.45) is -0.482. The highest BCUT2D eigenvalue weighted by atomic mass is 16.6. The Morgan fingerprint density at radius 1 is 1.11 bits per heavy atom. The monoisotopic (exact) mass is 496 g/mol. The fourth-order valence-corrected chi connectivity index (χ4v) is 4.00. The van der Waals surface area contributed by atoms with Crippen molar-refractivity contribution in [1.82, 2.24) is 15.3 Å². The van der Waals surface area contributed by atoms with Crippen molar-refractivity contribution in [3.63, 3.8) is 0 Å². The molecule has 1 unspecified atom stereocenters. The van der Waals surface area contributed by atoms with Crippen molar-refractivity contribution in [2.24, 2.45) is 17.6 Å². The normalized spacial score (nSPS) is 18.9. The number of hydrogen-bond donors (Lipinski definition) is 2. The molecule has 12 heteroatoms. The average molecular weight is 497 g/mol. The third-order valence-electron chi connectivity index (χ3n) is 5.62. The van der Waals surface area contributed by atoms with Gasteiger partial charge in [0.1, 0.15) is 11.6 Å². The molecule has 2 aliphatic rings. The first-order valence-corrected chi connectivity index (χ1v) is 11.8. The van der Waals surface area contributed by atoms with Crippen LogP contribution in [-0.2, 0) is 33.4 Å². The second-order valence-electron chi connectivity index (χ2n) is 10.2.